The SMILES string of the molecule is CC(C)CCC[C@@H](C)[C@H]1CC[C@H]2[C@@H]3CC=C4CC(OC(=O)CCCBr)CC[C@]4(C)[C@H]3CC[C@]12C. The normalized spacial score (nSPS) is 40.2. The van der Waals surface area contributed by atoms with Crippen molar-refractivity contribution in [3.05, 3.63) is 11.6 Å². The van der Waals surface area contributed by atoms with Gasteiger partial charge < -0.3 is 4.74 Å². The Morgan fingerprint density at radius 3 is 2.59 bits per heavy atom. The average molecular weight is 536 g/mol. The second kappa shape index (κ2) is 11.0. The number of ether oxygens (including phenoxy) is 1. The van der Waals surface area contributed by atoms with Crippen molar-refractivity contribution in [2.75, 3.05) is 5.33 Å². The van der Waals surface area contributed by atoms with Crippen LogP contribution in [-0.2, 0) is 9.53 Å². The molecule has 8 atom stereocenters. The van der Waals surface area contributed by atoms with E-state index in [9.17, 15) is 4.79 Å². The number of esters is 1. The van der Waals surface area contributed by atoms with Crippen LogP contribution in [0, 0.1) is 46.3 Å². The minimum atomic E-state index is -0.00437. The summed E-state index contributed by atoms with van der Waals surface area (Å²) >= 11 is 3.42. The van der Waals surface area contributed by atoms with Gasteiger partial charge in [-0.1, -0.05) is 81.5 Å². The van der Waals surface area contributed by atoms with Gasteiger partial charge in [0.25, 0.3) is 0 Å². The van der Waals surface area contributed by atoms with Gasteiger partial charge in [0.1, 0.15) is 6.10 Å². The molecule has 0 aromatic rings. The fourth-order valence-electron chi connectivity index (χ4n) is 9.21. The van der Waals surface area contributed by atoms with Gasteiger partial charge in [-0.3, -0.25) is 4.79 Å². The Labute approximate surface area is 218 Å². The van der Waals surface area contributed by atoms with Crippen LogP contribution in [0.15, 0.2) is 11.6 Å². The first kappa shape index (κ1) is 26.7. The zero-order chi connectivity index (χ0) is 24.5. The highest BCUT2D eigenvalue weighted by atomic mass is 79.9. The molecule has 0 radical (unpaired) electrons. The average Bonchev–Trinajstić information content (AvgIpc) is 3.15. The Morgan fingerprint density at radius 1 is 1.06 bits per heavy atom. The van der Waals surface area contributed by atoms with Crippen LogP contribution in [0.5, 0.6) is 0 Å². The number of alkyl halides is 1. The molecule has 0 aliphatic heterocycles. The number of halogens is 1. The van der Waals surface area contributed by atoms with E-state index in [2.05, 4.69) is 56.6 Å². The molecule has 34 heavy (non-hydrogen) atoms. The lowest BCUT2D eigenvalue weighted by atomic mass is 9.47. The zero-order valence-corrected chi connectivity index (χ0v) is 24.3. The molecule has 2 nitrogen and oxygen atoms in total. The van der Waals surface area contributed by atoms with Gasteiger partial charge >= 0.3 is 5.97 Å². The van der Waals surface area contributed by atoms with Crippen LogP contribution in [0.2, 0.25) is 0 Å². The Bertz CT molecular complexity index is 744. The minimum Gasteiger partial charge on any atom is -0.462 e. The molecule has 4 aliphatic rings. The second-order valence-electron chi connectivity index (χ2n) is 13.4. The molecule has 0 heterocycles. The van der Waals surface area contributed by atoms with Crippen molar-refractivity contribution in [1.82, 2.24) is 0 Å². The summed E-state index contributed by atoms with van der Waals surface area (Å²) in [4.78, 5) is 12.2. The molecule has 0 N–H and O–H groups in total. The van der Waals surface area contributed by atoms with Crippen LogP contribution in [0.4, 0.5) is 0 Å². The quantitative estimate of drug-likeness (QED) is 0.167. The van der Waals surface area contributed by atoms with Gasteiger partial charge in [-0.25, -0.2) is 0 Å². The van der Waals surface area contributed by atoms with Crippen molar-refractivity contribution >= 4 is 21.9 Å². The lowest BCUT2D eigenvalue weighted by Gasteiger charge is -2.58. The highest BCUT2D eigenvalue weighted by Crippen LogP contribution is 2.67. The molecule has 0 amide bonds. The van der Waals surface area contributed by atoms with E-state index in [0.717, 1.165) is 60.1 Å². The zero-order valence-electron chi connectivity index (χ0n) is 22.7. The van der Waals surface area contributed by atoms with Crippen molar-refractivity contribution in [2.45, 2.75) is 124 Å². The van der Waals surface area contributed by atoms with Gasteiger partial charge in [0.05, 0.1) is 0 Å². The monoisotopic (exact) mass is 534 g/mol. The van der Waals surface area contributed by atoms with Gasteiger partial charge in [0, 0.05) is 18.2 Å². The number of hydrogen-bond acceptors (Lipinski definition) is 2. The number of rotatable bonds is 9. The van der Waals surface area contributed by atoms with Crippen LogP contribution < -0.4 is 0 Å². The number of carbonyl (C=O) groups is 1. The molecule has 3 heteroatoms. The molecule has 1 unspecified atom stereocenters. The van der Waals surface area contributed by atoms with Gasteiger partial charge in [-0.05, 0) is 97.7 Å². The first-order valence-corrected chi connectivity index (χ1v) is 15.8. The van der Waals surface area contributed by atoms with E-state index in [1.54, 1.807) is 5.57 Å². The summed E-state index contributed by atoms with van der Waals surface area (Å²) in [5.41, 5.74) is 2.52. The van der Waals surface area contributed by atoms with Gasteiger partial charge in [-0.15, -0.1) is 0 Å². The maximum Gasteiger partial charge on any atom is 0.306 e. The Balaban J connectivity index is 1.41. The lowest BCUT2D eigenvalue weighted by molar-refractivity contribution is -0.151. The fourth-order valence-corrected chi connectivity index (χ4v) is 9.49. The third-order valence-corrected chi connectivity index (χ3v) is 11.6. The first-order valence-electron chi connectivity index (χ1n) is 14.6. The van der Waals surface area contributed by atoms with Crippen LogP contribution in [-0.4, -0.2) is 17.4 Å². The van der Waals surface area contributed by atoms with Gasteiger partial charge in [0.2, 0.25) is 0 Å². The topological polar surface area (TPSA) is 26.3 Å². The summed E-state index contributed by atoms with van der Waals surface area (Å²) in [6.07, 6.45) is 18.6. The molecule has 0 aromatic carbocycles. The fraction of sp³-hybridized carbons (Fsp3) is 0.903. The molecule has 4 rings (SSSR count). The summed E-state index contributed by atoms with van der Waals surface area (Å²) in [7, 11) is 0. The van der Waals surface area contributed by atoms with Gasteiger partial charge in [0.15, 0.2) is 0 Å². The molecular formula is C31H51BrO2. The molecule has 0 spiro atoms. The first-order chi connectivity index (χ1) is 16.2. The van der Waals surface area contributed by atoms with E-state index in [-0.39, 0.29) is 12.1 Å². The maximum absolute atomic E-state index is 12.2. The maximum atomic E-state index is 12.2. The number of carbonyl (C=O) groups excluding carboxylic acids is 1. The van der Waals surface area contributed by atoms with Crippen molar-refractivity contribution in [3.63, 3.8) is 0 Å². The van der Waals surface area contributed by atoms with Crippen LogP contribution in [0.1, 0.15) is 118 Å². The third kappa shape index (κ3) is 5.21. The van der Waals surface area contributed by atoms with Gasteiger partial charge in [-0.2, -0.15) is 0 Å². The van der Waals surface area contributed by atoms with E-state index in [1.807, 2.05) is 0 Å². The molecule has 0 aromatic heterocycles. The molecule has 4 aliphatic carbocycles. The summed E-state index contributed by atoms with van der Waals surface area (Å²) in [5, 5.41) is 0.872. The highest BCUT2D eigenvalue weighted by molar-refractivity contribution is 9.09. The Kier molecular flexibility index (Phi) is 8.63. The summed E-state index contributed by atoms with van der Waals surface area (Å²) in [6, 6.07) is 0. The molecule has 3 saturated carbocycles. The van der Waals surface area contributed by atoms with Crippen molar-refractivity contribution in [2.24, 2.45) is 46.3 Å². The lowest BCUT2D eigenvalue weighted by Crippen LogP contribution is -2.51. The molecule has 194 valence electrons. The molecule has 0 saturated heterocycles. The number of hydrogen-bond donors (Lipinski definition) is 0. The standard InChI is InChI=1S/C31H51BrO2/c1-21(2)8-6-9-22(3)26-13-14-27-25-12-11-23-20-24(34-29(33)10-7-19-32)15-17-30(23,4)28(25)16-18-31(26,27)5/h11,21-22,24-28H,6-10,12-20H2,1-5H3/t22-,24?,25+,26-,27+,28+,30+,31-/m1/s1. The summed E-state index contributed by atoms with van der Waals surface area (Å²) in [6.45, 7) is 12.6. The highest BCUT2D eigenvalue weighted by Gasteiger charge is 2.59. The van der Waals surface area contributed by atoms with Crippen LogP contribution in [0.25, 0.3) is 0 Å². The molecule has 0 bridgehead atoms. The number of allylic oxidation sites excluding steroid dienone is 1. The third-order valence-electron chi connectivity index (χ3n) is 11.1. The Morgan fingerprint density at radius 2 is 1.85 bits per heavy atom. The predicted octanol–water partition coefficient (Wildman–Crippen LogP) is 9.11. The molecular weight excluding hydrogens is 484 g/mol. The van der Waals surface area contributed by atoms with Crippen LogP contribution >= 0.6 is 15.9 Å². The smallest absolute Gasteiger partial charge is 0.306 e. The van der Waals surface area contributed by atoms with Crippen LogP contribution in [0.3, 0.4) is 0 Å². The predicted molar refractivity (Wildman–Crippen MR) is 146 cm³/mol. The second-order valence-corrected chi connectivity index (χ2v) is 14.2. The van der Waals surface area contributed by atoms with Crippen molar-refractivity contribution < 1.29 is 9.53 Å². The minimum absolute atomic E-state index is 0.00437. The Hall–Kier alpha value is -0.310. The van der Waals surface area contributed by atoms with E-state index >= 15 is 0 Å². The van der Waals surface area contributed by atoms with E-state index in [1.165, 1.54) is 57.8 Å². The van der Waals surface area contributed by atoms with E-state index in [0.29, 0.717) is 17.3 Å². The van der Waals surface area contributed by atoms with Crippen molar-refractivity contribution in [1.29, 1.82) is 0 Å². The molecule has 3 fully saturated rings. The number of fused-ring (bicyclic) bond motifs is 5. The van der Waals surface area contributed by atoms with Crippen molar-refractivity contribution in [3.8, 4) is 0 Å². The summed E-state index contributed by atoms with van der Waals surface area (Å²) < 4.78 is 5.90. The van der Waals surface area contributed by atoms with E-state index < -0.39 is 0 Å². The largest absolute Gasteiger partial charge is 0.462 e. The summed E-state index contributed by atoms with van der Waals surface area (Å²) in [5.74, 6) is 5.27. The van der Waals surface area contributed by atoms with E-state index in [4.69, 9.17) is 4.74 Å².